The summed E-state index contributed by atoms with van der Waals surface area (Å²) in [5, 5.41) is 8.86. The smallest absolute Gasteiger partial charge is 0.308 e. The Morgan fingerprint density at radius 1 is 1.09 bits per heavy atom. The number of carbonyl (C=O) groups excluding carboxylic acids is 1. The first kappa shape index (κ1) is 22.0. The molecule has 2 aromatic carbocycles. The number of nitrogens with one attached hydrogen (secondary N) is 1. The summed E-state index contributed by atoms with van der Waals surface area (Å²) in [7, 11) is -3.87. The van der Waals surface area contributed by atoms with E-state index in [0.717, 1.165) is 43.7 Å². The summed E-state index contributed by atoms with van der Waals surface area (Å²) in [5.41, 5.74) is 1.38. The number of piperidine rings is 1. The number of hydrogen-bond donors (Lipinski definition) is 1. The van der Waals surface area contributed by atoms with Crippen molar-refractivity contribution in [1.82, 2.24) is 9.47 Å². The number of sulfonamides is 1. The molecule has 8 nitrogen and oxygen atoms in total. The van der Waals surface area contributed by atoms with Crippen molar-refractivity contribution < 1.29 is 13.2 Å². The monoisotopic (exact) mass is 470 g/mol. The van der Waals surface area contributed by atoms with Gasteiger partial charge in [-0.2, -0.15) is 5.26 Å². The zero-order valence-corrected chi connectivity index (χ0v) is 18.9. The molecule has 1 aliphatic rings. The minimum Gasteiger partial charge on any atom is -0.343 e. The van der Waals surface area contributed by atoms with Crippen molar-refractivity contribution in [2.24, 2.45) is 0 Å². The molecule has 1 amide bonds. The van der Waals surface area contributed by atoms with Gasteiger partial charge in [-0.25, -0.2) is 8.42 Å². The fourth-order valence-corrected chi connectivity index (χ4v) is 5.88. The van der Waals surface area contributed by atoms with Crippen molar-refractivity contribution >= 4 is 43.2 Å². The van der Waals surface area contributed by atoms with Crippen LogP contribution in [0.25, 0.3) is 10.2 Å². The normalized spacial score (nSPS) is 14.3. The SMILES string of the molecule is N#Cc1ccc(NS(=O)(=O)c2ccc3c(c2)sc(=O)n3CCC(=O)N2CCCCC2)cc1. The van der Waals surface area contributed by atoms with Crippen molar-refractivity contribution in [3.8, 4) is 6.07 Å². The van der Waals surface area contributed by atoms with E-state index in [1.807, 2.05) is 11.0 Å². The van der Waals surface area contributed by atoms with Gasteiger partial charge >= 0.3 is 4.87 Å². The molecule has 166 valence electrons. The Morgan fingerprint density at radius 2 is 1.81 bits per heavy atom. The lowest BCUT2D eigenvalue weighted by atomic mass is 10.1. The Bertz CT molecular complexity index is 1350. The average molecular weight is 471 g/mol. The summed E-state index contributed by atoms with van der Waals surface area (Å²) in [6.07, 6.45) is 3.41. The van der Waals surface area contributed by atoms with Gasteiger partial charge in [0.1, 0.15) is 0 Å². The van der Waals surface area contributed by atoms with E-state index in [1.165, 1.54) is 41.0 Å². The summed E-state index contributed by atoms with van der Waals surface area (Å²) >= 11 is 0.962. The number of carbonyl (C=O) groups is 1. The lowest BCUT2D eigenvalue weighted by molar-refractivity contribution is -0.132. The second-order valence-electron chi connectivity index (χ2n) is 7.64. The number of rotatable bonds is 6. The number of fused-ring (bicyclic) bond motifs is 1. The zero-order valence-electron chi connectivity index (χ0n) is 17.3. The van der Waals surface area contributed by atoms with E-state index in [4.69, 9.17) is 5.26 Å². The van der Waals surface area contributed by atoms with Crippen LogP contribution in [-0.2, 0) is 21.4 Å². The Labute approximate surface area is 189 Å². The summed E-state index contributed by atoms with van der Waals surface area (Å²) in [5.74, 6) is 0.0433. The molecule has 2 heterocycles. The summed E-state index contributed by atoms with van der Waals surface area (Å²) in [6.45, 7) is 1.81. The maximum Gasteiger partial charge on any atom is 0.308 e. The van der Waals surface area contributed by atoms with E-state index in [9.17, 15) is 18.0 Å². The minimum atomic E-state index is -3.87. The van der Waals surface area contributed by atoms with Crippen LogP contribution in [0.2, 0.25) is 0 Å². The molecule has 0 atom stereocenters. The molecule has 3 aromatic rings. The Kier molecular flexibility index (Phi) is 6.30. The fraction of sp³-hybridized carbons (Fsp3) is 0.318. The Hall–Kier alpha value is -3.16. The fourth-order valence-electron chi connectivity index (χ4n) is 3.76. The standard InChI is InChI=1S/C22H22N4O4S2/c23-15-16-4-6-17(7-5-16)24-32(29,30)18-8-9-19-20(14-18)31-22(28)26(19)13-10-21(27)25-11-2-1-3-12-25/h4-9,14,24H,1-3,10-13H2. The van der Waals surface area contributed by atoms with Crippen molar-refractivity contribution in [3.63, 3.8) is 0 Å². The number of aryl methyl sites for hydroxylation is 1. The van der Waals surface area contributed by atoms with Gasteiger partial charge in [0.25, 0.3) is 10.0 Å². The predicted octanol–water partition coefficient (Wildman–Crippen LogP) is 3.14. The number of benzene rings is 2. The van der Waals surface area contributed by atoms with Crippen molar-refractivity contribution in [3.05, 3.63) is 57.7 Å². The zero-order chi connectivity index (χ0) is 22.7. The predicted molar refractivity (Wildman–Crippen MR) is 123 cm³/mol. The van der Waals surface area contributed by atoms with Gasteiger partial charge in [-0.05, 0) is 61.7 Å². The third kappa shape index (κ3) is 4.69. The highest BCUT2D eigenvalue weighted by atomic mass is 32.2. The van der Waals surface area contributed by atoms with E-state index in [2.05, 4.69) is 4.72 Å². The second kappa shape index (κ2) is 9.14. The lowest BCUT2D eigenvalue weighted by Crippen LogP contribution is -2.36. The molecule has 1 aromatic heterocycles. The molecule has 4 rings (SSSR count). The largest absolute Gasteiger partial charge is 0.343 e. The molecule has 10 heteroatoms. The number of hydrogen-bond acceptors (Lipinski definition) is 6. The van der Waals surface area contributed by atoms with E-state index in [0.29, 0.717) is 21.5 Å². The van der Waals surface area contributed by atoms with Crippen molar-refractivity contribution in [2.75, 3.05) is 17.8 Å². The summed E-state index contributed by atoms with van der Waals surface area (Å²) in [4.78, 5) is 26.6. The highest BCUT2D eigenvalue weighted by molar-refractivity contribution is 7.92. The van der Waals surface area contributed by atoms with E-state index in [1.54, 1.807) is 6.07 Å². The Morgan fingerprint density at radius 3 is 2.50 bits per heavy atom. The number of anilines is 1. The van der Waals surface area contributed by atoms with E-state index in [-0.39, 0.29) is 28.6 Å². The molecular weight excluding hydrogens is 448 g/mol. The molecule has 1 saturated heterocycles. The number of nitriles is 1. The Balaban J connectivity index is 1.52. The van der Waals surface area contributed by atoms with Crippen LogP contribution in [0.1, 0.15) is 31.2 Å². The minimum absolute atomic E-state index is 0.0344. The molecule has 1 aliphatic heterocycles. The molecule has 0 saturated carbocycles. The first-order valence-electron chi connectivity index (χ1n) is 10.3. The molecule has 0 aliphatic carbocycles. The molecule has 0 radical (unpaired) electrons. The number of likely N-dealkylation sites (tertiary alicyclic amines) is 1. The number of amides is 1. The molecular formula is C22H22N4O4S2. The number of aromatic nitrogens is 1. The van der Waals surface area contributed by atoms with Crippen LogP contribution in [0.4, 0.5) is 5.69 Å². The number of thiazole rings is 1. The maximum absolute atomic E-state index is 12.8. The van der Waals surface area contributed by atoms with E-state index < -0.39 is 10.0 Å². The highest BCUT2D eigenvalue weighted by Crippen LogP contribution is 2.24. The van der Waals surface area contributed by atoms with Gasteiger partial charge in [-0.1, -0.05) is 11.3 Å². The van der Waals surface area contributed by atoms with Gasteiger partial charge in [-0.15, -0.1) is 0 Å². The van der Waals surface area contributed by atoms with Gasteiger partial charge in [0.05, 0.1) is 26.7 Å². The second-order valence-corrected chi connectivity index (χ2v) is 10.3. The van der Waals surface area contributed by atoms with Crippen LogP contribution in [0.3, 0.4) is 0 Å². The van der Waals surface area contributed by atoms with Gasteiger partial charge in [-0.3, -0.25) is 18.9 Å². The topological polar surface area (TPSA) is 112 Å². The first-order chi connectivity index (χ1) is 15.4. The van der Waals surface area contributed by atoms with Crippen LogP contribution >= 0.6 is 11.3 Å². The molecule has 0 bridgehead atoms. The molecule has 0 spiro atoms. The maximum atomic E-state index is 12.8. The van der Waals surface area contributed by atoms with Gasteiger partial charge in [0.15, 0.2) is 0 Å². The van der Waals surface area contributed by atoms with Crippen molar-refractivity contribution in [1.29, 1.82) is 5.26 Å². The quantitative estimate of drug-likeness (QED) is 0.595. The van der Waals surface area contributed by atoms with Gasteiger partial charge in [0, 0.05) is 31.7 Å². The van der Waals surface area contributed by atoms with Gasteiger partial charge in [0.2, 0.25) is 5.91 Å². The summed E-state index contributed by atoms with van der Waals surface area (Å²) in [6, 6.07) is 12.6. The van der Waals surface area contributed by atoms with Crippen LogP contribution in [0.5, 0.6) is 0 Å². The highest BCUT2D eigenvalue weighted by Gasteiger charge is 2.19. The van der Waals surface area contributed by atoms with Crippen LogP contribution in [-0.4, -0.2) is 36.9 Å². The first-order valence-corrected chi connectivity index (χ1v) is 12.6. The average Bonchev–Trinajstić information content (AvgIpc) is 3.12. The molecule has 1 N–H and O–H groups in total. The third-order valence-electron chi connectivity index (χ3n) is 5.47. The van der Waals surface area contributed by atoms with Crippen LogP contribution in [0, 0.1) is 11.3 Å². The molecule has 32 heavy (non-hydrogen) atoms. The third-order valence-corrected chi connectivity index (χ3v) is 7.80. The van der Waals surface area contributed by atoms with Crippen molar-refractivity contribution in [2.45, 2.75) is 37.1 Å². The summed E-state index contributed by atoms with van der Waals surface area (Å²) < 4.78 is 30.1. The van der Waals surface area contributed by atoms with Gasteiger partial charge < -0.3 is 4.90 Å². The van der Waals surface area contributed by atoms with E-state index >= 15 is 0 Å². The molecule has 1 fully saturated rings. The molecule has 0 unspecified atom stereocenters. The van der Waals surface area contributed by atoms with Crippen LogP contribution < -0.4 is 9.60 Å². The lowest BCUT2D eigenvalue weighted by Gasteiger charge is -2.26. The number of nitrogens with zero attached hydrogens (tertiary/aromatic N) is 3. The van der Waals surface area contributed by atoms with Crippen LogP contribution in [0.15, 0.2) is 52.2 Å².